The van der Waals surface area contributed by atoms with Gasteiger partial charge in [-0.15, -0.1) is 0 Å². The molecule has 118 valence electrons. The van der Waals surface area contributed by atoms with E-state index in [-0.39, 0.29) is 11.1 Å². The van der Waals surface area contributed by atoms with Crippen LogP contribution in [0.3, 0.4) is 0 Å². The fourth-order valence-electron chi connectivity index (χ4n) is 2.58. The Labute approximate surface area is 136 Å². The van der Waals surface area contributed by atoms with Crippen LogP contribution in [0.4, 0.5) is 8.78 Å². The van der Waals surface area contributed by atoms with Gasteiger partial charge < -0.3 is 4.98 Å². The van der Waals surface area contributed by atoms with Crippen molar-refractivity contribution in [3.05, 3.63) is 81.8 Å². The molecule has 5 heteroatoms. The second kappa shape index (κ2) is 6.09. The van der Waals surface area contributed by atoms with Crippen LogP contribution in [0.2, 0.25) is 0 Å². The highest BCUT2D eigenvalue weighted by atomic mass is 19.1. The number of nitrogens with zero attached hydrogens (tertiary/aromatic N) is 1. The predicted molar refractivity (Wildman–Crippen MR) is 87.3 cm³/mol. The van der Waals surface area contributed by atoms with Crippen molar-refractivity contribution in [2.45, 2.75) is 6.92 Å². The van der Waals surface area contributed by atoms with E-state index in [9.17, 15) is 18.8 Å². The van der Waals surface area contributed by atoms with E-state index in [0.29, 0.717) is 22.4 Å². The number of aromatic amines is 1. The first-order chi connectivity index (χ1) is 11.5. The third-order valence-electron chi connectivity index (χ3n) is 3.72. The number of hydrogen-bond donors (Lipinski definition) is 1. The minimum atomic E-state index is -0.646. The van der Waals surface area contributed by atoms with Crippen LogP contribution in [0.5, 0.6) is 0 Å². The Bertz CT molecular complexity index is 1020. The van der Waals surface area contributed by atoms with Gasteiger partial charge in [-0.05, 0) is 36.2 Å². The summed E-state index contributed by atoms with van der Waals surface area (Å²) < 4.78 is 26.9. The Hall–Kier alpha value is -3.26. The van der Waals surface area contributed by atoms with Crippen molar-refractivity contribution in [2.75, 3.05) is 0 Å². The molecule has 0 radical (unpaired) electrons. The van der Waals surface area contributed by atoms with Crippen LogP contribution in [0, 0.1) is 29.9 Å². The van der Waals surface area contributed by atoms with Gasteiger partial charge >= 0.3 is 0 Å². The smallest absolute Gasteiger partial charge is 0.266 e. The standard InChI is InChI=1S/C19H12F2N2O/c1-11-8-16(17(10-22)19(24)23-11)13-4-2-12(3-5-13)15-7-6-14(20)9-18(15)21/h2-9H,1H3,(H,23,24). The molecule has 1 heterocycles. The molecule has 0 saturated heterocycles. The van der Waals surface area contributed by atoms with E-state index in [1.54, 1.807) is 37.3 Å². The van der Waals surface area contributed by atoms with Crippen molar-refractivity contribution in [3.8, 4) is 28.3 Å². The van der Waals surface area contributed by atoms with Gasteiger partial charge in [0.15, 0.2) is 0 Å². The van der Waals surface area contributed by atoms with Gasteiger partial charge in [0.05, 0.1) is 0 Å². The van der Waals surface area contributed by atoms with E-state index in [1.165, 1.54) is 12.1 Å². The molecule has 0 spiro atoms. The van der Waals surface area contributed by atoms with Gasteiger partial charge in [-0.1, -0.05) is 24.3 Å². The molecule has 24 heavy (non-hydrogen) atoms. The van der Waals surface area contributed by atoms with Crippen LogP contribution >= 0.6 is 0 Å². The van der Waals surface area contributed by atoms with Gasteiger partial charge in [0, 0.05) is 22.9 Å². The third kappa shape index (κ3) is 2.82. The second-order valence-corrected chi connectivity index (χ2v) is 5.38. The Balaban J connectivity index is 2.08. The van der Waals surface area contributed by atoms with Gasteiger partial charge in [-0.2, -0.15) is 5.26 Å². The lowest BCUT2D eigenvalue weighted by molar-refractivity contribution is 0.585. The number of nitrogens with one attached hydrogen (secondary N) is 1. The Kier molecular flexibility index (Phi) is 3.97. The maximum absolute atomic E-state index is 13.9. The molecular weight excluding hydrogens is 310 g/mol. The van der Waals surface area contributed by atoms with Crippen LogP contribution < -0.4 is 5.56 Å². The lowest BCUT2D eigenvalue weighted by Gasteiger charge is -2.08. The van der Waals surface area contributed by atoms with E-state index < -0.39 is 17.2 Å². The minimum absolute atomic E-state index is 0.0290. The lowest BCUT2D eigenvalue weighted by Crippen LogP contribution is -2.12. The third-order valence-corrected chi connectivity index (χ3v) is 3.72. The molecule has 0 atom stereocenters. The fraction of sp³-hybridized carbons (Fsp3) is 0.0526. The normalized spacial score (nSPS) is 10.4. The zero-order chi connectivity index (χ0) is 17.3. The largest absolute Gasteiger partial charge is 0.325 e. The van der Waals surface area contributed by atoms with Gasteiger partial charge in [0.25, 0.3) is 5.56 Å². The van der Waals surface area contributed by atoms with Gasteiger partial charge in [0.1, 0.15) is 23.3 Å². The van der Waals surface area contributed by atoms with Crippen molar-refractivity contribution in [1.82, 2.24) is 4.98 Å². The summed E-state index contributed by atoms with van der Waals surface area (Å²) >= 11 is 0. The summed E-state index contributed by atoms with van der Waals surface area (Å²) in [5, 5.41) is 9.19. The van der Waals surface area contributed by atoms with Crippen molar-refractivity contribution in [2.24, 2.45) is 0 Å². The zero-order valence-electron chi connectivity index (χ0n) is 12.7. The average molecular weight is 322 g/mol. The maximum Gasteiger partial charge on any atom is 0.266 e. The SMILES string of the molecule is Cc1cc(-c2ccc(-c3ccc(F)cc3F)cc2)c(C#N)c(=O)[nH]1. The topological polar surface area (TPSA) is 56.6 Å². The Morgan fingerprint density at radius 2 is 1.58 bits per heavy atom. The maximum atomic E-state index is 13.9. The van der Waals surface area contributed by atoms with Crippen molar-refractivity contribution in [1.29, 1.82) is 5.26 Å². The summed E-state index contributed by atoms with van der Waals surface area (Å²) in [5.41, 5.74) is 2.28. The van der Waals surface area contributed by atoms with Crippen molar-refractivity contribution >= 4 is 0 Å². The average Bonchev–Trinajstić information content (AvgIpc) is 2.54. The number of aromatic nitrogens is 1. The molecule has 0 saturated carbocycles. The van der Waals surface area contributed by atoms with Crippen LogP contribution in [-0.2, 0) is 0 Å². The molecule has 3 aromatic rings. The summed E-state index contributed by atoms with van der Waals surface area (Å²) in [7, 11) is 0. The van der Waals surface area contributed by atoms with Gasteiger partial charge in [-0.3, -0.25) is 4.79 Å². The molecule has 0 bridgehead atoms. The van der Waals surface area contributed by atoms with Gasteiger partial charge in [-0.25, -0.2) is 8.78 Å². The first-order valence-electron chi connectivity index (χ1n) is 7.19. The number of pyridine rings is 1. The van der Waals surface area contributed by atoms with E-state index >= 15 is 0 Å². The molecule has 1 N–H and O–H groups in total. The first-order valence-corrected chi connectivity index (χ1v) is 7.19. The fourth-order valence-corrected chi connectivity index (χ4v) is 2.58. The number of H-pyrrole nitrogens is 1. The number of nitriles is 1. The highest BCUT2D eigenvalue weighted by molar-refractivity contribution is 5.74. The molecule has 2 aromatic carbocycles. The summed E-state index contributed by atoms with van der Waals surface area (Å²) in [6, 6.07) is 13.8. The molecule has 0 amide bonds. The zero-order valence-corrected chi connectivity index (χ0v) is 12.7. The van der Waals surface area contributed by atoms with E-state index in [1.807, 2.05) is 6.07 Å². The number of rotatable bonds is 2. The van der Waals surface area contributed by atoms with E-state index in [4.69, 9.17) is 0 Å². The van der Waals surface area contributed by atoms with Crippen molar-refractivity contribution in [3.63, 3.8) is 0 Å². The Morgan fingerprint density at radius 3 is 2.17 bits per heavy atom. The minimum Gasteiger partial charge on any atom is -0.325 e. The first kappa shape index (κ1) is 15.6. The molecule has 3 rings (SSSR count). The van der Waals surface area contributed by atoms with Crippen LogP contribution in [0.15, 0.2) is 53.3 Å². The highest BCUT2D eigenvalue weighted by Crippen LogP contribution is 2.28. The summed E-state index contributed by atoms with van der Waals surface area (Å²) in [6.45, 7) is 1.73. The quantitative estimate of drug-likeness (QED) is 0.770. The van der Waals surface area contributed by atoms with Crippen LogP contribution in [0.1, 0.15) is 11.3 Å². The number of benzene rings is 2. The molecule has 0 aliphatic heterocycles. The Morgan fingerprint density at radius 1 is 0.958 bits per heavy atom. The molecule has 0 aliphatic rings. The molecule has 0 aliphatic carbocycles. The van der Waals surface area contributed by atoms with Crippen LogP contribution in [0.25, 0.3) is 22.3 Å². The number of aryl methyl sites for hydroxylation is 1. The summed E-state index contributed by atoms with van der Waals surface area (Å²) in [5.74, 6) is -1.28. The number of hydrogen-bond acceptors (Lipinski definition) is 2. The molecular formula is C19H12F2N2O. The van der Waals surface area contributed by atoms with Gasteiger partial charge in [0.2, 0.25) is 0 Å². The summed E-state index contributed by atoms with van der Waals surface area (Å²) in [6.07, 6.45) is 0. The molecule has 1 aromatic heterocycles. The molecule has 3 nitrogen and oxygen atoms in total. The second-order valence-electron chi connectivity index (χ2n) is 5.38. The predicted octanol–water partition coefficient (Wildman–Crippen LogP) is 4.17. The van der Waals surface area contributed by atoms with E-state index in [0.717, 1.165) is 6.07 Å². The highest BCUT2D eigenvalue weighted by Gasteiger charge is 2.11. The summed E-state index contributed by atoms with van der Waals surface area (Å²) in [4.78, 5) is 14.5. The number of halogens is 2. The molecule has 0 unspecified atom stereocenters. The molecule has 0 fully saturated rings. The monoisotopic (exact) mass is 322 g/mol. The van der Waals surface area contributed by atoms with Crippen molar-refractivity contribution < 1.29 is 8.78 Å². The lowest BCUT2D eigenvalue weighted by atomic mass is 9.97. The van der Waals surface area contributed by atoms with E-state index in [2.05, 4.69) is 4.98 Å². The van der Waals surface area contributed by atoms with Crippen LogP contribution in [-0.4, -0.2) is 4.98 Å².